The van der Waals surface area contributed by atoms with Crippen LogP contribution in [-0.4, -0.2) is 10.3 Å². The van der Waals surface area contributed by atoms with Crippen LogP contribution in [0.15, 0.2) is 52.4 Å². The van der Waals surface area contributed by atoms with Crippen molar-refractivity contribution in [3.63, 3.8) is 0 Å². The summed E-state index contributed by atoms with van der Waals surface area (Å²) in [6, 6.07) is 13.2. The van der Waals surface area contributed by atoms with Crippen molar-refractivity contribution in [3.8, 4) is 16.4 Å². The van der Waals surface area contributed by atoms with Gasteiger partial charge in [-0.1, -0.05) is 23.4 Å². The monoisotopic (exact) mass is 287 g/mol. The largest absolute Gasteiger partial charge is 0.487 e. The van der Waals surface area contributed by atoms with Gasteiger partial charge in [-0.15, -0.1) is 11.3 Å². The van der Waals surface area contributed by atoms with Gasteiger partial charge in [0.05, 0.1) is 11.5 Å². The molecule has 5 heteroatoms. The Kier molecular flexibility index (Phi) is 3.80. The molecule has 0 unspecified atom stereocenters. The summed E-state index contributed by atoms with van der Waals surface area (Å²) in [5, 5.41) is 15.0. The summed E-state index contributed by atoms with van der Waals surface area (Å²) >= 11 is 1.61. The molecule has 0 aliphatic heterocycles. The normalized spacial score (nSPS) is 10.7. The molecule has 20 heavy (non-hydrogen) atoms. The molecule has 0 atom stereocenters. The summed E-state index contributed by atoms with van der Waals surface area (Å²) in [7, 11) is 0. The Morgan fingerprint density at radius 3 is 2.75 bits per heavy atom. The molecule has 0 bridgehead atoms. The van der Waals surface area contributed by atoms with Gasteiger partial charge < -0.3 is 14.4 Å². The van der Waals surface area contributed by atoms with Crippen molar-refractivity contribution < 1.29 is 14.4 Å². The summed E-state index contributed by atoms with van der Waals surface area (Å²) in [6.45, 7) is 0.390. The summed E-state index contributed by atoms with van der Waals surface area (Å²) in [6.07, 6.45) is 0. The third kappa shape index (κ3) is 2.89. The maximum Gasteiger partial charge on any atom is 0.177 e. The minimum atomic E-state index is 0.0355. The molecule has 0 fully saturated rings. The van der Waals surface area contributed by atoms with Gasteiger partial charge in [-0.05, 0) is 29.1 Å². The first-order valence-electron chi connectivity index (χ1n) is 6.17. The van der Waals surface area contributed by atoms with Crippen LogP contribution in [-0.2, 0) is 13.2 Å². The third-order valence-electron chi connectivity index (χ3n) is 2.82. The molecule has 1 N–H and O–H groups in total. The number of ether oxygens (including phenoxy) is 1. The van der Waals surface area contributed by atoms with Gasteiger partial charge in [0.2, 0.25) is 0 Å². The number of aliphatic hydroxyl groups excluding tert-OH is 1. The molecule has 2 heterocycles. The van der Waals surface area contributed by atoms with Gasteiger partial charge in [-0.25, -0.2) is 0 Å². The molecule has 102 valence electrons. The van der Waals surface area contributed by atoms with Gasteiger partial charge >= 0.3 is 0 Å². The second-order valence-corrected chi connectivity index (χ2v) is 5.20. The number of benzene rings is 1. The van der Waals surface area contributed by atoms with Crippen molar-refractivity contribution in [2.24, 2.45) is 0 Å². The maximum atomic E-state index is 8.97. The third-order valence-corrected chi connectivity index (χ3v) is 3.70. The molecule has 4 nitrogen and oxygen atoms in total. The summed E-state index contributed by atoms with van der Waals surface area (Å²) in [4.78, 5) is 1.05. The summed E-state index contributed by atoms with van der Waals surface area (Å²) < 4.78 is 10.9. The van der Waals surface area contributed by atoms with Gasteiger partial charge in [-0.3, -0.25) is 0 Å². The molecule has 0 saturated heterocycles. The van der Waals surface area contributed by atoms with E-state index in [1.807, 2.05) is 47.8 Å². The highest BCUT2D eigenvalue weighted by Crippen LogP contribution is 2.25. The van der Waals surface area contributed by atoms with Crippen LogP contribution in [0.25, 0.3) is 10.6 Å². The number of thiophene rings is 1. The SMILES string of the molecule is OCc1ccc(OCc2cc(-c3cccs3)on2)cc1. The molecule has 0 radical (unpaired) electrons. The molecule has 3 aromatic rings. The van der Waals surface area contributed by atoms with Crippen molar-refractivity contribution in [1.29, 1.82) is 0 Å². The molecule has 3 rings (SSSR count). The van der Waals surface area contributed by atoms with Crippen molar-refractivity contribution in [1.82, 2.24) is 5.16 Å². The van der Waals surface area contributed by atoms with Gasteiger partial charge in [0.15, 0.2) is 5.76 Å². The quantitative estimate of drug-likeness (QED) is 0.780. The van der Waals surface area contributed by atoms with E-state index in [0.29, 0.717) is 6.61 Å². The van der Waals surface area contributed by atoms with Crippen LogP contribution in [0, 0.1) is 0 Å². The van der Waals surface area contributed by atoms with Gasteiger partial charge in [-0.2, -0.15) is 0 Å². The van der Waals surface area contributed by atoms with E-state index in [4.69, 9.17) is 14.4 Å². The molecular weight excluding hydrogens is 274 g/mol. The first-order chi connectivity index (χ1) is 9.85. The molecule has 0 saturated carbocycles. The van der Waals surface area contributed by atoms with Crippen molar-refractivity contribution in [3.05, 3.63) is 59.1 Å². The Bertz CT molecular complexity index is 659. The number of nitrogens with zero attached hydrogens (tertiary/aromatic N) is 1. The minimum Gasteiger partial charge on any atom is -0.487 e. The average molecular weight is 287 g/mol. The summed E-state index contributed by atoms with van der Waals surface area (Å²) in [5.74, 6) is 1.50. The molecular formula is C15H13NO3S. The lowest BCUT2D eigenvalue weighted by molar-refractivity contribution is 0.279. The number of hydrogen-bond donors (Lipinski definition) is 1. The van der Waals surface area contributed by atoms with E-state index in [-0.39, 0.29) is 6.61 Å². The Balaban J connectivity index is 1.63. The first-order valence-corrected chi connectivity index (χ1v) is 7.05. The lowest BCUT2D eigenvalue weighted by Crippen LogP contribution is -1.95. The number of aromatic nitrogens is 1. The highest BCUT2D eigenvalue weighted by molar-refractivity contribution is 7.13. The smallest absolute Gasteiger partial charge is 0.177 e. The lowest BCUT2D eigenvalue weighted by Gasteiger charge is -2.04. The van der Waals surface area contributed by atoms with E-state index < -0.39 is 0 Å². The Morgan fingerprint density at radius 2 is 2.05 bits per heavy atom. The predicted molar refractivity (Wildman–Crippen MR) is 76.5 cm³/mol. The Hall–Kier alpha value is -2.11. The zero-order valence-electron chi connectivity index (χ0n) is 10.7. The number of hydrogen-bond acceptors (Lipinski definition) is 5. The maximum absolute atomic E-state index is 8.97. The van der Waals surface area contributed by atoms with Crippen molar-refractivity contribution in [2.45, 2.75) is 13.2 Å². The second-order valence-electron chi connectivity index (χ2n) is 4.25. The molecule has 0 aliphatic carbocycles. The minimum absolute atomic E-state index is 0.0355. The van der Waals surface area contributed by atoms with Crippen LogP contribution < -0.4 is 4.74 Å². The number of aliphatic hydroxyl groups is 1. The van der Waals surface area contributed by atoms with Crippen molar-refractivity contribution in [2.75, 3.05) is 0 Å². The fraction of sp³-hybridized carbons (Fsp3) is 0.133. The van der Waals surface area contributed by atoms with E-state index in [1.54, 1.807) is 11.3 Å². The highest BCUT2D eigenvalue weighted by Gasteiger charge is 2.08. The molecule has 0 amide bonds. The zero-order chi connectivity index (χ0) is 13.8. The van der Waals surface area contributed by atoms with E-state index in [2.05, 4.69) is 5.16 Å². The fourth-order valence-electron chi connectivity index (χ4n) is 1.76. The van der Waals surface area contributed by atoms with Gasteiger partial charge in [0.1, 0.15) is 18.1 Å². The van der Waals surface area contributed by atoms with E-state index in [9.17, 15) is 0 Å². The van der Waals surface area contributed by atoms with Crippen LogP contribution in [0.3, 0.4) is 0 Å². The predicted octanol–water partition coefficient (Wildman–Crippen LogP) is 3.47. The summed E-state index contributed by atoms with van der Waals surface area (Å²) in [5.41, 5.74) is 1.61. The topological polar surface area (TPSA) is 55.5 Å². The van der Waals surface area contributed by atoms with Gasteiger partial charge in [0.25, 0.3) is 0 Å². The molecule has 0 spiro atoms. The van der Waals surface area contributed by atoms with E-state index in [1.165, 1.54) is 0 Å². The van der Waals surface area contributed by atoms with Crippen LogP contribution in [0.5, 0.6) is 5.75 Å². The molecule has 1 aromatic carbocycles. The zero-order valence-corrected chi connectivity index (χ0v) is 11.5. The Morgan fingerprint density at radius 1 is 1.20 bits per heavy atom. The molecule has 0 aliphatic rings. The average Bonchev–Trinajstić information content (AvgIpc) is 3.16. The molecule has 2 aromatic heterocycles. The van der Waals surface area contributed by atoms with Crippen molar-refractivity contribution >= 4 is 11.3 Å². The highest BCUT2D eigenvalue weighted by atomic mass is 32.1. The van der Waals surface area contributed by atoms with Crippen LogP contribution in [0.4, 0.5) is 0 Å². The standard InChI is InChI=1S/C15H13NO3S/c17-9-11-3-5-13(6-4-11)18-10-12-8-14(19-16-12)15-2-1-7-20-15/h1-8,17H,9-10H2. The van der Waals surface area contributed by atoms with Gasteiger partial charge in [0, 0.05) is 6.07 Å². The Labute approximate surface area is 120 Å². The number of rotatable bonds is 5. The second kappa shape index (κ2) is 5.90. The van der Waals surface area contributed by atoms with E-state index in [0.717, 1.165) is 27.6 Å². The lowest BCUT2D eigenvalue weighted by atomic mass is 10.2. The first kappa shape index (κ1) is 12.9. The van der Waals surface area contributed by atoms with Crippen LogP contribution in [0.1, 0.15) is 11.3 Å². The van der Waals surface area contributed by atoms with Crippen LogP contribution >= 0.6 is 11.3 Å². The van der Waals surface area contributed by atoms with E-state index >= 15 is 0 Å². The van der Waals surface area contributed by atoms with Crippen LogP contribution in [0.2, 0.25) is 0 Å². The fourth-order valence-corrected chi connectivity index (χ4v) is 2.44.